The molecule has 5 heteroatoms. The zero-order valence-corrected chi connectivity index (χ0v) is 12.6. The molecule has 1 N–H and O–H groups in total. The molecule has 1 unspecified atom stereocenters. The largest absolute Gasteiger partial charge is 0.497 e. The van der Waals surface area contributed by atoms with E-state index >= 15 is 0 Å². The number of hydrogen-bond donors (Lipinski definition) is 1. The van der Waals surface area contributed by atoms with Crippen molar-refractivity contribution in [2.45, 2.75) is 19.8 Å². The topological polar surface area (TPSA) is 66.8 Å². The van der Waals surface area contributed by atoms with Gasteiger partial charge in [0.1, 0.15) is 5.75 Å². The van der Waals surface area contributed by atoms with Crippen LogP contribution in [-0.2, 0) is 9.59 Å². The second kappa shape index (κ2) is 6.16. The maximum absolute atomic E-state index is 12.6. The van der Waals surface area contributed by atoms with E-state index in [0.29, 0.717) is 18.8 Å². The molecule has 0 aromatic heterocycles. The fraction of sp³-hybridized carbons (Fsp3) is 0.500. The highest BCUT2D eigenvalue weighted by molar-refractivity contribution is 5.84. The lowest BCUT2D eigenvalue weighted by Crippen LogP contribution is -2.33. The molecule has 1 heterocycles. The van der Waals surface area contributed by atoms with Crippen molar-refractivity contribution in [1.29, 1.82) is 0 Å². The highest BCUT2D eigenvalue weighted by atomic mass is 16.5. The summed E-state index contributed by atoms with van der Waals surface area (Å²) in [6.07, 6.45) is 0. The molecule has 1 amide bonds. The molecule has 1 aliphatic heterocycles. The molecule has 1 aromatic rings. The summed E-state index contributed by atoms with van der Waals surface area (Å²) in [6.45, 7) is 4.52. The number of likely N-dealkylation sites (tertiary alicyclic amines) is 1. The first-order chi connectivity index (χ1) is 9.93. The number of carboxylic acids is 1. The molecule has 1 aromatic carbocycles. The summed E-state index contributed by atoms with van der Waals surface area (Å²) >= 11 is 0. The fourth-order valence-electron chi connectivity index (χ4n) is 2.80. The summed E-state index contributed by atoms with van der Waals surface area (Å²) < 4.78 is 5.17. The van der Waals surface area contributed by atoms with E-state index in [4.69, 9.17) is 9.84 Å². The van der Waals surface area contributed by atoms with Gasteiger partial charge in [0.15, 0.2) is 0 Å². The van der Waals surface area contributed by atoms with Crippen LogP contribution in [0.2, 0.25) is 0 Å². The second-order valence-corrected chi connectivity index (χ2v) is 5.66. The monoisotopic (exact) mass is 291 g/mol. The molecule has 1 saturated heterocycles. The van der Waals surface area contributed by atoms with Crippen LogP contribution >= 0.6 is 0 Å². The first kappa shape index (κ1) is 15.4. The van der Waals surface area contributed by atoms with E-state index in [-0.39, 0.29) is 17.7 Å². The molecular formula is C16H21NO4. The summed E-state index contributed by atoms with van der Waals surface area (Å²) in [7, 11) is 1.59. The van der Waals surface area contributed by atoms with Crippen molar-refractivity contribution in [3.63, 3.8) is 0 Å². The summed E-state index contributed by atoms with van der Waals surface area (Å²) in [5.41, 5.74) is 0.880. The summed E-state index contributed by atoms with van der Waals surface area (Å²) in [5, 5.41) is 9.15. The van der Waals surface area contributed by atoms with Crippen molar-refractivity contribution in [3.05, 3.63) is 29.8 Å². The minimum Gasteiger partial charge on any atom is -0.497 e. The zero-order chi connectivity index (χ0) is 15.6. The van der Waals surface area contributed by atoms with Crippen LogP contribution < -0.4 is 4.74 Å². The van der Waals surface area contributed by atoms with Crippen molar-refractivity contribution in [2.24, 2.45) is 11.8 Å². The Labute approximate surface area is 124 Å². The summed E-state index contributed by atoms with van der Waals surface area (Å²) in [5.74, 6) is -0.925. The third kappa shape index (κ3) is 3.17. The molecular weight excluding hydrogens is 270 g/mol. The lowest BCUT2D eigenvalue weighted by atomic mass is 9.99. The number of carbonyl (C=O) groups is 2. The first-order valence-electron chi connectivity index (χ1n) is 7.09. The summed E-state index contributed by atoms with van der Waals surface area (Å²) in [4.78, 5) is 25.4. The Bertz CT molecular complexity index is 543. The Morgan fingerprint density at radius 3 is 2.67 bits per heavy atom. The van der Waals surface area contributed by atoms with Gasteiger partial charge in [-0.1, -0.05) is 19.1 Å². The van der Waals surface area contributed by atoms with Gasteiger partial charge in [-0.2, -0.15) is 0 Å². The molecule has 0 radical (unpaired) electrons. The molecule has 0 bridgehead atoms. The molecule has 0 saturated carbocycles. The molecule has 0 spiro atoms. The van der Waals surface area contributed by atoms with Gasteiger partial charge in [0, 0.05) is 13.1 Å². The first-order valence-corrected chi connectivity index (χ1v) is 7.09. The molecule has 3 atom stereocenters. The predicted octanol–water partition coefficient (Wildman–Crippen LogP) is 1.98. The minimum atomic E-state index is -0.827. The van der Waals surface area contributed by atoms with Crippen molar-refractivity contribution >= 4 is 11.9 Å². The van der Waals surface area contributed by atoms with Gasteiger partial charge in [0.25, 0.3) is 0 Å². The number of hydrogen-bond acceptors (Lipinski definition) is 3. The van der Waals surface area contributed by atoms with E-state index in [1.807, 2.05) is 38.1 Å². The van der Waals surface area contributed by atoms with Gasteiger partial charge in [-0.3, -0.25) is 9.59 Å². The van der Waals surface area contributed by atoms with E-state index in [2.05, 4.69) is 0 Å². The van der Waals surface area contributed by atoms with Gasteiger partial charge in [0.05, 0.1) is 18.9 Å². The van der Waals surface area contributed by atoms with Crippen molar-refractivity contribution in [1.82, 2.24) is 4.90 Å². The highest BCUT2D eigenvalue weighted by Crippen LogP contribution is 2.28. The number of amides is 1. The Morgan fingerprint density at radius 1 is 1.38 bits per heavy atom. The van der Waals surface area contributed by atoms with Crippen LogP contribution in [0.15, 0.2) is 24.3 Å². The lowest BCUT2D eigenvalue weighted by Gasteiger charge is -2.21. The van der Waals surface area contributed by atoms with Crippen molar-refractivity contribution in [3.8, 4) is 5.75 Å². The third-order valence-corrected chi connectivity index (χ3v) is 4.21. The molecule has 21 heavy (non-hydrogen) atoms. The molecule has 1 aliphatic rings. The van der Waals surface area contributed by atoms with E-state index in [1.165, 1.54) is 0 Å². The second-order valence-electron chi connectivity index (χ2n) is 5.66. The maximum Gasteiger partial charge on any atom is 0.308 e. The van der Waals surface area contributed by atoms with Gasteiger partial charge < -0.3 is 14.7 Å². The van der Waals surface area contributed by atoms with Crippen LogP contribution in [-0.4, -0.2) is 42.1 Å². The predicted molar refractivity (Wildman–Crippen MR) is 78.3 cm³/mol. The van der Waals surface area contributed by atoms with Crippen molar-refractivity contribution in [2.75, 3.05) is 20.2 Å². The van der Waals surface area contributed by atoms with Crippen molar-refractivity contribution < 1.29 is 19.4 Å². The molecule has 5 nitrogen and oxygen atoms in total. The molecule has 0 aliphatic carbocycles. The van der Waals surface area contributed by atoms with Crippen LogP contribution in [0.4, 0.5) is 0 Å². The number of nitrogens with zero attached hydrogens (tertiary/aromatic N) is 1. The Balaban J connectivity index is 2.11. The Morgan fingerprint density at radius 2 is 2.10 bits per heavy atom. The number of aliphatic carboxylic acids is 1. The SMILES string of the molecule is COc1cccc(C(C)C(=O)N2C[C@@H](C)[C@H](C(=O)O)C2)c1. The van der Waals surface area contributed by atoms with Gasteiger partial charge in [-0.05, 0) is 30.5 Å². The fourth-order valence-corrected chi connectivity index (χ4v) is 2.80. The molecule has 114 valence electrons. The number of carboxylic acid groups (broad SMARTS) is 1. The van der Waals surface area contributed by atoms with Crippen LogP contribution in [0.5, 0.6) is 5.75 Å². The van der Waals surface area contributed by atoms with Crippen LogP contribution in [0, 0.1) is 11.8 Å². The van der Waals surface area contributed by atoms with Gasteiger partial charge in [-0.15, -0.1) is 0 Å². The standard InChI is InChI=1S/C16H21NO4/c1-10-8-17(9-14(10)16(19)20)15(18)11(2)12-5-4-6-13(7-12)21-3/h4-7,10-11,14H,8-9H2,1-3H3,(H,19,20)/t10-,11?,14-/m1/s1. The van der Waals surface area contributed by atoms with Gasteiger partial charge in [0.2, 0.25) is 5.91 Å². The number of methoxy groups -OCH3 is 1. The normalized spacial score (nSPS) is 22.9. The van der Waals surface area contributed by atoms with E-state index in [9.17, 15) is 9.59 Å². The number of rotatable bonds is 4. The zero-order valence-electron chi connectivity index (χ0n) is 12.6. The maximum atomic E-state index is 12.6. The minimum absolute atomic E-state index is 0.0102. The van der Waals surface area contributed by atoms with E-state index < -0.39 is 11.9 Å². The van der Waals surface area contributed by atoms with Gasteiger partial charge >= 0.3 is 5.97 Å². The highest BCUT2D eigenvalue weighted by Gasteiger charge is 2.38. The van der Waals surface area contributed by atoms with E-state index in [1.54, 1.807) is 12.0 Å². The summed E-state index contributed by atoms with van der Waals surface area (Å²) in [6, 6.07) is 7.42. The molecule has 2 rings (SSSR count). The quantitative estimate of drug-likeness (QED) is 0.921. The van der Waals surface area contributed by atoms with Crippen LogP contribution in [0.3, 0.4) is 0 Å². The van der Waals surface area contributed by atoms with E-state index in [0.717, 1.165) is 5.56 Å². The number of benzene rings is 1. The number of carbonyl (C=O) groups excluding carboxylic acids is 1. The Hall–Kier alpha value is -2.04. The smallest absolute Gasteiger partial charge is 0.308 e. The number of ether oxygens (including phenoxy) is 1. The molecule has 1 fully saturated rings. The van der Waals surface area contributed by atoms with Crippen LogP contribution in [0.25, 0.3) is 0 Å². The lowest BCUT2D eigenvalue weighted by molar-refractivity contribution is -0.142. The Kier molecular flexibility index (Phi) is 4.50. The van der Waals surface area contributed by atoms with Gasteiger partial charge in [-0.25, -0.2) is 0 Å². The van der Waals surface area contributed by atoms with Crippen LogP contribution in [0.1, 0.15) is 25.3 Å². The average Bonchev–Trinajstić information content (AvgIpc) is 2.88. The third-order valence-electron chi connectivity index (χ3n) is 4.21. The average molecular weight is 291 g/mol.